The molecule has 102 valence electrons. The zero-order valence-corrected chi connectivity index (χ0v) is 11.8. The van der Waals surface area contributed by atoms with Gasteiger partial charge in [0.15, 0.2) is 5.82 Å². The summed E-state index contributed by atoms with van der Waals surface area (Å²) in [5, 5.41) is 8.89. The number of amidine groups is 1. The van der Waals surface area contributed by atoms with E-state index in [1.54, 1.807) is 6.92 Å². The van der Waals surface area contributed by atoms with Gasteiger partial charge in [0.2, 0.25) is 0 Å². The summed E-state index contributed by atoms with van der Waals surface area (Å²) >= 11 is 1.82. The maximum absolute atomic E-state index is 8.89. The molecule has 0 amide bonds. The highest BCUT2D eigenvalue weighted by molar-refractivity contribution is 7.99. The molecule has 0 bridgehead atoms. The number of aliphatic imine (C=N–C) groups is 1. The van der Waals surface area contributed by atoms with Gasteiger partial charge in [0, 0.05) is 21.8 Å². The largest absolute Gasteiger partial charge is 0.290 e. The Morgan fingerprint density at radius 1 is 1.35 bits per heavy atom. The molecule has 20 heavy (non-hydrogen) atoms. The summed E-state index contributed by atoms with van der Waals surface area (Å²) in [4.78, 5) is 14.2. The van der Waals surface area contributed by atoms with Crippen LogP contribution in [0.4, 0.5) is 5.82 Å². The van der Waals surface area contributed by atoms with Crippen LogP contribution in [0, 0.1) is 0 Å². The molecule has 1 aliphatic heterocycles. The van der Waals surface area contributed by atoms with Crippen molar-refractivity contribution in [3.63, 3.8) is 0 Å². The Morgan fingerprint density at radius 2 is 2.20 bits per heavy atom. The predicted octanol–water partition coefficient (Wildman–Crippen LogP) is 2.82. The fourth-order valence-electron chi connectivity index (χ4n) is 2.20. The van der Waals surface area contributed by atoms with E-state index in [-0.39, 0.29) is 0 Å². The lowest BCUT2D eigenvalue weighted by Crippen LogP contribution is -2.14. The number of nitrogens with zero attached hydrogens (tertiary/aromatic N) is 3. The molecule has 6 heteroatoms. The first-order valence-electron chi connectivity index (χ1n) is 6.31. The molecule has 2 aromatic rings. The van der Waals surface area contributed by atoms with Crippen LogP contribution in [0.25, 0.3) is 11.3 Å². The monoisotopic (exact) mass is 286 g/mol. The molecule has 0 radical (unpaired) electrons. The van der Waals surface area contributed by atoms with Crippen molar-refractivity contribution in [2.75, 3.05) is 5.75 Å². The topological polar surface area (TPSA) is 70.4 Å². The maximum Gasteiger partial charge on any atom is 0.161 e. The summed E-state index contributed by atoms with van der Waals surface area (Å²) in [5.41, 5.74) is 5.13. The van der Waals surface area contributed by atoms with Gasteiger partial charge in [-0.1, -0.05) is 18.2 Å². The molecule has 0 saturated carbocycles. The number of rotatable bonds is 1. The Labute approximate surface area is 121 Å². The van der Waals surface area contributed by atoms with E-state index in [1.165, 1.54) is 11.2 Å². The van der Waals surface area contributed by atoms with E-state index in [1.807, 2.05) is 29.4 Å². The van der Waals surface area contributed by atoms with Crippen LogP contribution in [-0.2, 0) is 6.42 Å². The zero-order chi connectivity index (χ0) is 13.9. The predicted molar refractivity (Wildman–Crippen MR) is 79.6 cm³/mol. The van der Waals surface area contributed by atoms with Crippen molar-refractivity contribution < 1.29 is 5.21 Å². The van der Waals surface area contributed by atoms with Crippen molar-refractivity contribution >= 4 is 23.4 Å². The molecular formula is C14H14N4OS. The fourth-order valence-corrected chi connectivity index (χ4v) is 3.22. The van der Waals surface area contributed by atoms with Gasteiger partial charge in [-0.25, -0.2) is 15.0 Å². The summed E-state index contributed by atoms with van der Waals surface area (Å²) in [6, 6.07) is 8.24. The van der Waals surface area contributed by atoms with Gasteiger partial charge in [-0.15, -0.1) is 11.8 Å². The van der Waals surface area contributed by atoms with E-state index in [4.69, 9.17) is 5.21 Å². The van der Waals surface area contributed by atoms with Crippen molar-refractivity contribution in [2.45, 2.75) is 18.2 Å². The number of nitrogens with one attached hydrogen (secondary N) is 1. The van der Waals surface area contributed by atoms with Crippen LogP contribution in [0.5, 0.6) is 0 Å². The zero-order valence-electron chi connectivity index (χ0n) is 11.0. The van der Waals surface area contributed by atoms with E-state index < -0.39 is 0 Å². The lowest BCUT2D eigenvalue weighted by atomic mass is 10.0. The van der Waals surface area contributed by atoms with E-state index >= 15 is 0 Å². The third-order valence-electron chi connectivity index (χ3n) is 3.11. The molecule has 0 atom stereocenters. The van der Waals surface area contributed by atoms with Crippen molar-refractivity contribution in [3.05, 3.63) is 36.2 Å². The summed E-state index contributed by atoms with van der Waals surface area (Å²) in [7, 11) is 0. The number of fused-ring (bicyclic) bond motifs is 3. The number of benzene rings is 1. The minimum atomic E-state index is 0.413. The van der Waals surface area contributed by atoms with Gasteiger partial charge in [-0.2, -0.15) is 0 Å². The summed E-state index contributed by atoms with van der Waals surface area (Å²) in [6.07, 6.45) is 2.38. The minimum absolute atomic E-state index is 0.413. The first-order valence-corrected chi connectivity index (χ1v) is 7.29. The van der Waals surface area contributed by atoms with Crippen molar-refractivity contribution in [1.82, 2.24) is 15.4 Å². The Morgan fingerprint density at radius 3 is 3.05 bits per heavy atom. The normalized spacial score (nSPS) is 14.2. The third-order valence-corrected chi connectivity index (χ3v) is 4.19. The highest BCUT2D eigenvalue weighted by Crippen LogP contribution is 2.38. The lowest BCUT2D eigenvalue weighted by molar-refractivity contribution is 0.234. The molecular weight excluding hydrogens is 272 g/mol. The molecule has 2 heterocycles. The minimum Gasteiger partial charge on any atom is -0.290 e. The van der Waals surface area contributed by atoms with Gasteiger partial charge in [0.25, 0.3) is 0 Å². The smallest absolute Gasteiger partial charge is 0.161 e. The fraction of sp³-hybridized carbons (Fsp3) is 0.214. The Bertz CT molecular complexity index is 672. The van der Waals surface area contributed by atoms with Gasteiger partial charge >= 0.3 is 0 Å². The van der Waals surface area contributed by atoms with Gasteiger partial charge in [-0.3, -0.25) is 10.7 Å². The molecule has 0 fully saturated rings. The maximum atomic E-state index is 8.89. The quantitative estimate of drug-likeness (QED) is 0.479. The van der Waals surface area contributed by atoms with Crippen LogP contribution in [0.1, 0.15) is 12.5 Å². The molecule has 0 aliphatic carbocycles. The molecule has 1 aromatic carbocycles. The van der Waals surface area contributed by atoms with Crippen molar-refractivity contribution in [2.24, 2.45) is 4.99 Å². The summed E-state index contributed by atoms with van der Waals surface area (Å²) in [6.45, 7) is 1.69. The number of hydrogen-bond donors (Lipinski definition) is 2. The van der Waals surface area contributed by atoms with Crippen LogP contribution in [0.2, 0.25) is 0 Å². The molecule has 0 spiro atoms. The van der Waals surface area contributed by atoms with E-state index in [0.29, 0.717) is 11.7 Å². The second-order valence-electron chi connectivity index (χ2n) is 4.43. The summed E-state index contributed by atoms with van der Waals surface area (Å²) in [5.74, 6) is 1.99. The van der Waals surface area contributed by atoms with Gasteiger partial charge in [0.05, 0.1) is 5.69 Å². The number of hydroxylamine groups is 1. The second-order valence-corrected chi connectivity index (χ2v) is 5.56. The molecule has 0 saturated heterocycles. The van der Waals surface area contributed by atoms with Crippen molar-refractivity contribution in [3.8, 4) is 11.3 Å². The van der Waals surface area contributed by atoms with Crippen LogP contribution < -0.4 is 5.48 Å². The van der Waals surface area contributed by atoms with Crippen LogP contribution >= 0.6 is 11.8 Å². The van der Waals surface area contributed by atoms with Gasteiger partial charge < -0.3 is 0 Å². The molecule has 5 nitrogen and oxygen atoms in total. The third kappa shape index (κ3) is 2.39. The Balaban J connectivity index is 2.18. The Hall–Kier alpha value is -1.92. The van der Waals surface area contributed by atoms with Crippen LogP contribution in [0.15, 0.2) is 40.5 Å². The molecule has 2 N–H and O–H groups in total. The second kappa shape index (κ2) is 5.60. The van der Waals surface area contributed by atoms with Gasteiger partial charge in [0.1, 0.15) is 12.2 Å². The summed E-state index contributed by atoms with van der Waals surface area (Å²) < 4.78 is 0. The SMILES string of the molecule is CC(=Nc1ncnc2c1CCSc1ccccc1-2)NO. The van der Waals surface area contributed by atoms with E-state index in [9.17, 15) is 0 Å². The Kier molecular flexibility index (Phi) is 3.66. The van der Waals surface area contributed by atoms with Gasteiger partial charge in [-0.05, 0) is 19.4 Å². The van der Waals surface area contributed by atoms with E-state index in [2.05, 4.69) is 27.1 Å². The standard InChI is InChI=1S/C14H14N4OS/c1-9(18-19)17-14-11-6-7-20-12-5-3-2-4-10(12)13(11)15-8-16-14/h2-5,8,19H,6-7H2,1H3,(H,15,16,17,18). The van der Waals surface area contributed by atoms with Crippen LogP contribution in [-0.4, -0.2) is 26.8 Å². The first-order chi connectivity index (χ1) is 9.79. The number of aromatic nitrogens is 2. The molecule has 1 aliphatic rings. The average molecular weight is 286 g/mol. The first kappa shape index (κ1) is 13.1. The number of thioether (sulfide) groups is 1. The highest BCUT2D eigenvalue weighted by atomic mass is 32.2. The molecule has 1 aromatic heterocycles. The molecule has 0 unspecified atom stereocenters. The van der Waals surface area contributed by atoms with E-state index in [0.717, 1.165) is 29.0 Å². The van der Waals surface area contributed by atoms with Crippen LogP contribution in [0.3, 0.4) is 0 Å². The average Bonchev–Trinajstić information content (AvgIpc) is 2.67. The highest BCUT2D eigenvalue weighted by Gasteiger charge is 2.19. The van der Waals surface area contributed by atoms with Crippen molar-refractivity contribution in [1.29, 1.82) is 0 Å². The lowest BCUT2D eigenvalue weighted by Gasteiger charge is -2.09. The number of hydrogen-bond acceptors (Lipinski definition) is 5. The molecule has 3 rings (SSSR count).